The molecule has 2 nitrogen and oxygen atoms in total. The molecular weight excluding hydrogens is 236 g/mol. The Morgan fingerprint density at radius 1 is 1.32 bits per heavy atom. The minimum atomic E-state index is -0.364. The second kappa shape index (κ2) is 4.62. The van der Waals surface area contributed by atoms with Crippen molar-refractivity contribution in [1.29, 1.82) is 0 Å². The fourth-order valence-corrected chi connectivity index (χ4v) is 2.11. The van der Waals surface area contributed by atoms with Crippen LogP contribution in [0.5, 0.6) is 0 Å². The average Bonchev–Trinajstić information content (AvgIpc) is 2.38. The molecule has 2 heteroatoms. The zero-order valence-electron chi connectivity index (χ0n) is 10.4. The molecule has 0 aliphatic heterocycles. The molecular formula is C17H12O2. The average molecular weight is 248 g/mol. The number of hydrogen-bond acceptors (Lipinski definition) is 2. The number of benzene rings is 1. The van der Waals surface area contributed by atoms with Crippen LogP contribution in [0, 0.1) is 11.8 Å². The summed E-state index contributed by atoms with van der Waals surface area (Å²) >= 11 is 0. The summed E-state index contributed by atoms with van der Waals surface area (Å²) in [6.07, 6.45) is 7.52. The largest absolute Gasteiger partial charge is 0.422 e. The maximum atomic E-state index is 11.7. The van der Waals surface area contributed by atoms with Gasteiger partial charge in [-0.1, -0.05) is 36.6 Å². The highest BCUT2D eigenvalue weighted by Crippen LogP contribution is 2.22. The van der Waals surface area contributed by atoms with Crippen LogP contribution in [0.25, 0.3) is 23.1 Å². The van der Waals surface area contributed by atoms with E-state index < -0.39 is 0 Å². The van der Waals surface area contributed by atoms with Crippen LogP contribution in [-0.2, 0) is 0 Å². The molecule has 1 aliphatic carbocycles. The zero-order valence-corrected chi connectivity index (χ0v) is 10.4. The second-order valence-corrected chi connectivity index (χ2v) is 4.41. The molecule has 1 heterocycles. The molecule has 0 amide bonds. The summed E-state index contributed by atoms with van der Waals surface area (Å²) in [5.41, 5.74) is 2.64. The monoisotopic (exact) mass is 248 g/mol. The van der Waals surface area contributed by atoms with E-state index in [1.165, 1.54) is 6.08 Å². The molecule has 1 aromatic heterocycles. The Morgan fingerprint density at radius 2 is 2.21 bits per heavy atom. The van der Waals surface area contributed by atoms with Gasteiger partial charge in [0.15, 0.2) is 0 Å². The fourth-order valence-electron chi connectivity index (χ4n) is 2.11. The lowest BCUT2D eigenvalue weighted by atomic mass is 10.0. The van der Waals surface area contributed by atoms with Crippen LogP contribution in [0.4, 0.5) is 0 Å². The van der Waals surface area contributed by atoms with E-state index in [2.05, 4.69) is 30.6 Å². The van der Waals surface area contributed by atoms with Crippen LogP contribution in [0.3, 0.4) is 0 Å². The predicted octanol–water partition coefficient (Wildman–Crippen LogP) is 3.59. The number of fused-ring (bicyclic) bond motifs is 2. The lowest BCUT2D eigenvalue weighted by Gasteiger charge is -2.05. The quantitative estimate of drug-likeness (QED) is 0.570. The van der Waals surface area contributed by atoms with E-state index in [4.69, 9.17) is 4.42 Å². The van der Waals surface area contributed by atoms with Crippen molar-refractivity contribution in [3.63, 3.8) is 0 Å². The van der Waals surface area contributed by atoms with Gasteiger partial charge in [-0.15, -0.1) is 0 Å². The second-order valence-electron chi connectivity index (χ2n) is 4.41. The summed E-state index contributed by atoms with van der Waals surface area (Å²) in [7, 11) is 0. The molecule has 0 radical (unpaired) electrons. The van der Waals surface area contributed by atoms with E-state index in [0.717, 1.165) is 29.4 Å². The van der Waals surface area contributed by atoms with Gasteiger partial charge in [-0.2, -0.15) is 0 Å². The minimum Gasteiger partial charge on any atom is -0.422 e. The lowest BCUT2D eigenvalue weighted by Crippen LogP contribution is -2.02. The summed E-state index contributed by atoms with van der Waals surface area (Å²) < 4.78 is 5.30. The zero-order chi connectivity index (χ0) is 13.2. The molecule has 0 atom stereocenters. The van der Waals surface area contributed by atoms with E-state index >= 15 is 0 Å². The SMILES string of the molecule is C=Cc1cc2cc3c(cc2oc1=O)C#CCCC=C3. The lowest BCUT2D eigenvalue weighted by molar-refractivity contribution is 0.559. The van der Waals surface area contributed by atoms with E-state index in [0.29, 0.717) is 11.1 Å². The van der Waals surface area contributed by atoms with Crippen molar-refractivity contribution < 1.29 is 4.42 Å². The minimum absolute atomic E-state index is 0.364. The molecule has 0 saturated carbocycles. The Kier molecular flexibility index (Phi) is 2.81. The highest BCUT2D eigenvalue weighted by atomic mass is 16.4. The van der Waals surface area contributed by atoms with Crippen molar-refractivity contribution in [2.75, 3.05) is 0 Å². The third-order valence-electron chi connectivity index (χ3n) is 3.11. The molecule has 0 fully saturated rings. The topological polar surface area (TPSA) is 30.2 Å². The van der Waals surface area contributed by atoms with Crippen LogP contribution >= 0.6 is 0 Å². The van der Waals surface area contributed by atoms with Crippen molar-refractivity contribution in [3.05, 3.63) is 58.0 Å². The summed E-state index contributed by atoms with van der Waals surface area (Å²) in [4.78, 5) is 11.7. The smallest absolute Gasteiger partial charge is 0.343 e. The van der Waals surface area contributed by atoms with Gasteiger partial charge in [0.25, 0.3) is 0 Å². The van der Waals surface area contributed by atoms with Gasteiger partial charge in [0.1, 0.15) is 5.58 Å². The van der Waals surface area contributed by atoms with Crippen LogP contribution in [-0.4, -0.2) is 0 Å². The fraction of sp³-hybridized carbons (Fsp3) is 0.118. The van der Waals surface area contributed by atoms with Gasteiger partial charge in [0.2, 0.25) is 0 Å². The molecule has 1 aromatic carbocycles. The van der Waals surface area contributed by atoms with E-state index in [1.807, 2.05) is 12.1 Å². The highest BCUT2D eigenvalue weighted by molar-refractivity contribution is 5.84. The van der Waals surface area contributed by atoms with Crippen molar-refractivity contribution in [2.24, 2.45) is 0 Å². The first-order chi connectivity index (χ1) is 9.28. The van der Waals surface area contributed by atoms with Gasteiger partial charge in [-0.25, -0.2) is 4.79 Å². The van der Waals surface area contributed by atoms with E-state index in [-0.39, 0.29) is 5.63 Å². The molecule has 92 valence electrons. The summed E-state index contributed by atoms with van der Waals surface area (Å²) in [5, 5.41) is 0.889. The Bertz CT molecular complexity index is 811. The normalized spacial score (nSPS) is 13.1. The number of allylic oxidation sites excluding steroid dienone is 1. The number of hydrogen-bond donors (Lipinski definition) is 0. The Morgan fingerprint density at radius 3 is 3.05 bits per heavy atom. The van der Waals surface area contributed by atoms with E-state index in [9.17, 15) is 4.79 Å². The van der Waals surface area contributed by atoms with Crippen molar-refractivity contribution in [1.82, 2.24) is 0 Å². The molecule has 2 aromatic rings. The summed E-state index contributed by atoms with van der Waals surface area (Å²) in [5.74, 6) is 6.23. The third kappa shape index (κ3) is 2.11. The number of rotatable bonds is 1. The maximum absolute atomic E-state index is 11.7. The van der Waals surface area contributed by atoms with Gasteiger partial charge in [-0.05, 0) is 30.2 Å². The summed E-state index contributed by atoms with van der Waals surface area (Å²) in [6, 6.07) is 5.63. The van der Waals surface area contributed by atoms with Gasteiger partial charge < -0.3 is 4.42 Å². The van der Waals surface area contributed by atoms with Gasteiger partial charge in [-0.3, -0.25) is 0 Å². The highest BCUT2D eigenvalue weighted by Gasteiger charge is 2.07. The van der Waals surface area contributed by atoms with Crippen LogP contribution < -0.4 is 5.63 Å². The molecule has 3 rings (SSSR count). The third-order valence-corrected chi connectivity index (χ3v) is 3.11. The first-order valence-corrected chi connectivity index (χ1v) is 6.18. The van der Waals surface area contributed by atoms with Gasteiger partial charge in [0.05, 0.1) is 5.56 Å². The molecule has 0 saturated heterocycles. The van der Waals surface area contributed by atoms with Gasteiger partial charge >= 0.3 is 5.63 Å². The van der Waals surface area contributed by atoms with Crippen molar-refractivity contribution in [2.45, 2.75) is 12.8 Å². The summed E-state index contributed by atoms with van der Waals surface area (Å²) in [6.45, 7) is 3.62. The molecule has 0 spiro atoms. The van der Waals surface area contributed by atoms with Crippen LogP contribution in [0.15, 0.2) is 40.1 Å². The van der Waals surface area contributed by atoms with E-state index in [1.54, 1.807) is 6.07 Å². The van der Waals surface area contributed by atoms with Crippen LogP contribution in [0.1, 0.15) is 29.5 Å². The first-order valence-electron chi connectivity index (χ1n) is 6.18. The maximum Gasteiger partial charge on any atom is 0.343 e. The predicted molar refractivity (Wildman–Crippen MR) is 77.7 cm³/mol. The Balaban J connectivity index is 2.33. The first kappa shape index (κ1) is 11.6. The Hall–Kier alpha value is -2.53. The van der Waals surface area contributed by atoms with Crippen molar-refractivity contribution in [3.8, 4) is 11.8 Å². The molecule has 0 N–H and O–H groups in total. The molecule has 0 unspecified atom stereocenters. The standard InChI is InChI=1S/C17H12O2/c1-2-12-9-15-10-13-7-5-3-4-6-8-14(13)11-16(15)19-17(12)18/h2,5,7,9-11H,1,3-4H2. The van der Waals surface area contributed by atoms with Crippen LogP contribution in [0.2, 0.25) is 0 Å². The Labute approximate surface area is 111 Å². The molecule has 19 heavy (non-hydrogen) atoms. The molecule has 0 bridgehead atoms. The molecule has 1 aliphatic rings. The van der Waals surface area contributed by atoms with Gasteiger partial charge in [0, 0.05) is 17.4 Å². The van der Waals surface area contributed by atoms with Crippen molar-refractivity contribution >= 4 is 23.1 Å².